The lowest BCUT2D eigenvalue weighted by atomic mass is 10.1. The lowest BCUT2D eigenvalue weighted by molar-refractivity contribution is 0.0478. The fourth-order valence-electron chi connectivity index (χ4n) is 4.73. The standard InChI is InChI=1S/C18H19N3O3S.C11H22N2O2/c1-3-10-6-4-5-7-11(10)8-20-14-13(19)12-9-25-16(18(23)24)15(12)21(2)17(14)22;1-11(2,3)15-10(14)12-9-6-5-7-13(4)8-9/h4-7,9,20H,3,8,19H2,1-2H3,(H,23,24);9H,5-8H2,1-4H3,(H,12,14). The van der Waals surface area contributed by atoms with Crippen molar-refractivity contribution in [2.24, 2.45) is 7.05 Å². The van der Waals surface area contributed by atoms with Crippen molar-refractivity contribution in [1.82, 2.24) is 14.8 Å². The van der Waals surface area contributed by atoms with Gasteiger partial charge in [-0.05, 0) is 64.8 Å². The molecule has 1 aliphatic rings. The van der Waals surface area contributed by atoms with Crippen LogP contribution in [-0.4, -0.2) is 58.4 Å². The number of fused-ring (bicyclic) bond motifs is 1. The number of rotatable bonds is 6. The minimum Gasteiger partial charge on any atom is -0.477 e. The van der Waals surface area contributed by atoms with Crippen molar-refractivity contribution in [1.29, 1.82) is 0 Å². The highest BCUT2D eigenvalue weighted by Crippen LogP contribution is 2.32. The summed E-state index contributed by atoms with van der Waals surface area (Å²) in [6.07, 6.45) is 2.78. The minimum absolute atomic E-state index is 0.115. The van der Waals surface area contributed by atoms with Crippen LogP contribution in [0.5, 0.6) is 0 Å². The predicted octanol–water partition coefficient (Wildman–Crippen LogP) is 4.66. The van der Waals surface area contributed by atoms with E-state index >= 15 is 0 Å². The molecule has 1 amide bonds. The molecular weight excluding hydrogens is 530 g/mol. The maximum Gasteiger partial charge on any atom is 0.407 e. The molecule has 5 N–H and O–H groups in total. The van der Waals surface area contributed by atoms with Crippen LogP contribution in [0.3, 0.4) is 0 Å². The quantitative estimate of drug-likeness (QED) is 0.335. The van der Waals surface area contributed by atoms with E-state index < -0.39 is 11.6 Å². The van der Waals surface area contributed by atoms with E-state index in [1.165, 1.54) is 10.1 Å². The molecule has 4 rings (SSSR count). The number of benzene rings is 1. The number of carboxylic acid groups (broad SMARTS) is 1. The highest BCUT2D eigenvalue weighted by molar-refractivity contribution is 7.13. The summed E-state index contributed by atoms with van der Waals surface area (Å²) in [5, 5.41) is 17.6. The van der Waals surface area contributed by atoms with Gasteiger partial charge in [0.05, 0.1) is 11.2 Å². The SMILES string of the molecule is CCc1ccccc1CNc1c(N)c2csc(C(=O)O)c2n(C)c1=O.CN1CCCC(NC(=O)OC(C)(C)C)C1. The fourth-order valence-corrected chi connectivity index (χ4v) is 5.67. The first-order valence-electron chi connectivity index (χ1n) is 13.4. The summed E-state index contributed by atoms with van der Waals surface area (Å²) in [6, 6.07) is 8.25. The largest absolute Gasteiger partial charge is 0.477 e. The number of piperidine rings is 1. The first-order valence-corrected chi connectivity index (χ1v) is 14.3. The Morgan fingerprint density at radius 1 is 1.20 bits per heavy atom. The first kappa shape index (κ1) is 31.0. The van der Waals surface area contributed by atoms with Crippen LogP contribution in [0, 0.1) is 0 Å². The van der Waals surface area contributed by atoms with Crippen LogP contribution in [0.4, 0.5) is 16.2 Å². The van der Waals surface area contributed by atoms with Crippen molar-refractivity contribution < 1.29 is 19.4 Å². The second-order valence-electron chi connectivity index (χ2n) is 11.0. The molecule has 3 aromatic rings. The van der Waals surface area contributed by atoms with Crippen LogP contribution in [0.1, 0.15) is 61.3 Å². The zero-order valence-corrected chi connectivity index (χ0v) is 25.0. The number of hydrogen-bond donors (Lipinski definition) is 4. The van der Waals surface area contributed by atoms with E-state index in [-0.39, 0.29) is 28.3 Å². The Balaban J connectivity index is 0.000000252. The number of aromatic nitrogens is 1. The second kappa shape index (κ2) is 13.2. The molecule has 1 fully saturated rings. The van der Waals surface area contributed by atoms with Gasteiger partial charge in [-0.15, -0.1) is 11.3 Å². The second-order valence-corrected chi connectivity index (χ2v) is 11.9. The van der Waals surface area contributed by atoms with Gasteiger partial charge in [-0.3, -0.25) is 4.79 Å². The number of pyridine rings is 1. The zero-order chi connectivity index (χ0) is 29.6. The number of hydrogen-bond acceptors (Lipinski definition) is 8. The van der Waals surface area contributed by atoms with Gasteiger partial charge in [0, 0.05) is 36.9 Å². The third-order valence-electron chi connectivity index (χ3n) is 6.67. The molecule has 0 bridgehead atoms. The van der Waals surface area contributed by atoms with Crippen molar-refractivity contribution in [3.63, 3.8) is 0 Å². The molecule has 1 atom stereocenters. The molecule has 0 spiro atoms. The summed E-state index contributed by atoms with van der Waals surface area (Å²) in [6.45, 7) is 10.2. The zero-order valence-electron chi connectivity index (χ0n) is 24.2. The number of aromatic carboxylic acids is 1. The van der Waals surface area contributed by atoms with Crippen molar-refractivity contribution in [3.05, 3.63) is 56.0 Å². The van der Waals surface area contributed by atoms with Crippen LogP contribution in [-0.2, 0) is 24.8 Å². The first-order chi connectivity index (χ1) is 18.8. The Morgan fingerprint density at radius 2 is 1.88 bits per heavy atom. The van der Waals surface area contributed by atoms with Crippen LogP contribution < -0.4 is 21.9 Å². The summed E-state index contributed by atoms with van der Waals surface area (Å²) in [5.74, 6) is -1.06. The Labute approximate surface area is 239 Å². The van der Waals surface area contributed by atoms with Crippen LogP contribution in [0.25, 0.3) is 10.9 Å². The van der Waals surface area contributed by atoms with Gasteiger partial charge in [-0.2, -0.15) is 0 Å². The molecule has 3 heterocycles. The molecule has 2 aromatic heterocycles. The van der Waals surface area contributed by atoms with Crippen molar-refractivity contribution in [2.75, 3.05) is 31.2 Å². The number of nitrogens with two attached hydrogens (primary N) is 1. The molecule has 1 saturated heterocycles. The van der Waals surface area contributed by atoms with E-state index in [1.54, 1.807) is 12.4 Å². The Hall–Kier alpha value is -3.57. The molecule has 0 radical (unpaired) electrons. The van der Waals surface area contributed by atoms with Gasteiger partial charge < -0.3 is 35.7 Å². The number of thiophene rings is 1. The summed E-state index contributed by atoms with van der Waals surface area (Å²) < 4.78 is 6.55. The third-order valence-corrected chi connectivity index (χ3v) is 7.63. The number of carbonyl (C=O) groups is 2. The molecule has 1 aliphatic heterocycles. The molecule has 1 unspecified atom stereocenters. The number of carbonyl (C=O) groups excluding carboxylic acids is 1. The average Bonchev–Trinajstić information content (AvgIpc) is 3.33. The highest BCUT2D eigenvalue weighted by atomic mass is 32.1. The maximum absolute atomic E-state index is 12.7. The number of alkyl carbamates (subject to hydrolysis) is 1. The molecule has 1 aromatic carbocycles. The fraction of sp³-hybridized carbons (Fsp3) is 0.483. The van der Waals surface area contributed by atoms with Crippen molar-refractivity contribution in [3.8, 4) is 0 Å². The summed E-state index contributed by atoms with van der Waals surface area (Å²) in [4.78, 5) is 37.9. The molecule has 11 heteroatoms. The monoisotopic (exact) mass is 571 g/mol. The summed E-state index contributed by atoms with van der Waals surface area (Å²) >= 11 is 1.07. The van der Waals surface area contributed by atoms with E-state index in [1.807, 2.05) is 39.0 Å². The lowest BCUT2D eigenvalue weighted by Crippen LogP contribution is -2.47. The minimum atomic E-state index is -1.06. The highest BCUT2D eigenvalue weighted by Gasteiger charge is 2.23. The van der Waals surface area contributed by atoms with Crippen LogP contribution >= 0.6 is 11.3 Å². The molecular formula is C29H41N5O5S. The van der Waals surface area contributed by atoms with Crippen molar-refractivity contribution >= 4 is 45.7 Å². The van der Waals surface area contributed by atoms with Gasteiger partial charge in [0.25, 0.3) is 5.56 Å². The third kappa shape index (κ3) is 7.76. The van der Waals surface area contributed by atoms with Crippen LogP contribution in [0.15, 0.2) is 34.4 Å². The normalized spacial score (nSPS) is 15.7. The topological polar surface area (TPSA) is 139 Å². The van der Waals surface area contributed by atoms with E-state index in [0.29, 0.717) is 23.1 Å². The molecule has 0 aliphatic carbocycles. The number of aryl methyl sites for hydroxylation is 2. The number of nitrogen functional groups attached to an aromatic ring is 1. The Morgan fingerprint density at radius 3 is 2.48 bits per heavy atom. The average molecular weight is 572 g/mol. The molecule has 0 saturated carbocycles. The van der Waals surface area contributed by atoms with Gasteiger partial charge in [-0.1, -0.05) is 31.2 Å². The van der Waals surface area contributed by atoms with Gasteiger partial charge in [-0.25, -0.2) is 9.59 Å². The summed E-state index contributed by atoms with van der Waals surface area (Å²) in [7, 11) is 3.64. The number of carboxylic acids is 1. The van der Waals surface area contributed by atoms with Gasteiger partial charge >= 0.3 is 12.1 Å². The molecule has 40 heavy (non-hydrogen) atoms. The smallest absolute Gasteiger partial charge is 0.407 e. The summed E-state index contributed by atoms with van der Waals surface area (Å²) in [5.41, 5.74) is 8.68. The number of ether oxygens (including phenoxy) is 1. The Bertz CT molecular complexity index is 1410. The molecule has 218 valence electrons. The van der Waals surface area contributed by atoms with E-state index in [4.69, 9.17) is 10.5 Å². The van der Waals surface area contributed by atoms with Crippen LogP contribution in [0.2, 0.25) is 0 Å². The van der Waals surface area contributed by atoms with Gasteiger partial charge in [0.15, 0.2) is 0 Å². The number of anilines is 2. The number of nitrogens with zero attached hydrogens (tertiary/aromatic N) is 2. The number of likely N-dealkylation sites (tertiary alicyclic amines) is 1. The van der Waals surface area contributed by atoms with E-state index in [0.717, 1.165) is 49.3 Å². The van der Waals surface area contributed by atoms with Gasteiger partial charge in [0.2, 0.25) is 0 Å². The number of nitrogens with one attached hydrogen (secondary N) is 2. The van der Waals surface area contributed by atoms with Crippen molar-refractivity contribution in [2.45, 2.75) is 65.1 Å². The maximum atomic E-state index is 12.7. The van der Waals surface area contributed by atoms with E-state index in [2.05, 4.69) is 35.6 Å². The molecule has 10 nitrogen and oxygen atoms in total. The lowest BCUT2D eigenvalue weighted by Gasteiger charge is -2.31. The predicted molar refractivity (Wildman–Crippen MR) is 161 cm³/mol. The number of amides is 1. The van der Waals surface area contributed by atoms with E-state index in [9.17, 15) is 19.5 Å². The Kier molecular flexibility index (Phi) is 10.2. The number of likely N-dealkylation sites (N-methyl/N-ethyl adjacent to an activating group) is 1. The van der Waals surface area contributed by atoms with Gasteiger partial charge in [0.1, 0.15) is 16.2 Å².